The molecule has 3 heterocycles. The number of piperidine rings is 1. The zero-order valence-electron chi connectivity index (χ0n) is 17.8. The molecule has 6 heteroatoms. The molecule has 0 N–H and O–H groups in total. The summed E-state index contributed by atoms with van der Waals surface area (Å²) >= 11 is 0. The number of ether oxygens (including phenoxy) is 2. The molecule has 0 radical (unpaired) electrons. The molecule has 1 aliphatic rings. The Labute approximate surface area is 176 Å². The zero-order valence-corrected chi connectivity index (χ0v) is 17.8. The topological polar surface area (TPSA) is 64.8 Å². The van der Waals surface area contributed by atoms with Gasteiger partial charge in [-0.15, -0.1) is 0 Å². The van der Waals surface area contributed by atoms with Gasteiger partial charge in [-0.1, -0.05) is 24.3 Å². The average Bonchev–Trinajstić information content (AvgIpc) is 3.14. The highest BCUT2D eigenvalue weighted by Gasteiger charge is 2.28. The molecule has 1 amide bonds. The maximum atomic E-state index is 12.3. The third-order valence-electron chi connectivity index (χ3n) is 5.25. The molecule has 2 aromatic heterocycles. The molecule has 1 aromatic carbocycles. The number of nitrogens with zero attached hydrogens (tertiary/aromatic N) is 2. The van der Waals surface area contributed by atoms with Crippen molar-refractivity contribution in [1.82, 2.24) is 9.88 Å². The molecule has 0 spiro atoms. The Hall–Kier alpha value is -3.02. The van der Waals surface area contributed by atoms with Crippen molar-refractivity contribution in [1.29, 1.82) is 0 Å². The first-order chi connectivity index (χ1) is 14.4. The van der Waals surface area contributed by atoms with E-state index in [1.807, 2.05) is 63.2 Å². The van der Waals surface area contributed by atoms with E-state index in [1.165, 1.54) is 0 Å². The lowest BCUT2D eigenvalue weighted by Gasteiger charge is -2.33. The predicted molar refractivity (Wildman–Crippen MR) is 115 cm³/mol. The van der Waals surface area contributed by atoms with Crippen molar-refractivity contribution in [2.75, 3.05) is 13.1 Å². The molecule has 1 fully saturated rings. The van der Waals surface area contributed by atoms with Crippen LogP contribution in [0.25, 0.3) is 11.0 Å². The van der Waals surface area contributed by atoms with Gasteiger partial charge in [-0.25, -0.2) is 9.78 Å². The van der Waals surface area contributed by atoms with E-state index in [2.05, 4.69) is 0 Å². The van der Waals surface area contributed by atoms with Crippen LogP contribution >= 0.6 is 0 Å². The van der Waals surface area contributed by atoms with Crippen LogP contribution in [0.4, 0.5) is 4.79 Å². The average molecular weight is 408 g/mol. The van der Waals surface area contributed by atoms with Gasteiger partial charge in [0.05, 0.1) is 6.26 Å². The summed E-state index contributed by atoms with van der Waals surface area (Å²) in [6, 6.07) is 13.8. The standard InChI is InChI=1S/C24H28N2O4/c1-24(2,3)30-23(27)26-13-11-17(12-14-26)20-8-6-10-22(25-20)29-16-18-15-28-21-9-5-4-7-19(18)21/h4-10,15,17H,11-14,16H2,1-3H3. The Bertz CT molecular complexity index is 1010. The lowest BCUT2D eigenvalue weighted by molar-refractivity contribution is 0.0204. The highest BCUT2D eigenvalue weighted by atomic mass is 16.6. The summed E-state index contributed by atoms with van der Waals surface area (Å²) in [6.07, 6.45) is 3.23. The zero-order chi connectivity index (χ0) is 21.1. The van der Waals surface area contributed by atoms with Crippen LogP contribution < -0.4 is 4.74 Å². The Morgan fingerprint density at radius 3 is 2.67 bits per heavy atom. The van der Waals surface area contributed by atoms with Gasteiger partial charge >= 0.3 is 6.09 Å². The second kappa shape index (κ2) is 8.38. The van der Waals surface area contributed by atoms with E-state index < -0.39 is 5.60 Å². The van der Waals surface area contributed by atoms with Crippen LogP contribution in [0.2, 0.25) is 0 Å². The molecule has 6 nitrogen and oxygen atoms in total. The molecule has 0 saturated carbocycles. The number of aromatic nitrogens is 1. The number of hydrogen-bond acceptors (Lipinski definition) is 5. The molecule has 158 valence electrons. The van der Waals surface area contributed by atoms with Crippen molar-refractivity contribution in [3.05, 3.63) is 60.0 Å². The first-order valence-electron chi connectivity index (χ1n) is 10.4. The van der Waals surface area contributed by atoms with Crippen molar-refractivity contribution in [3.8, 4) is 5.88 Å². The molecule has 1 saturated heterocycles. The fraction of sp³-hybridized carbons (Fsp3) is 0.417. The van der Waals surface area contributed by atoms with Crippen molar-refractivity contribution in [3.63, 3.8) is 0 Å². The quantitative estimate of drug-likeness (QED) is 0.569. The van der Waals surface area contributed by atoms with Gasteiger partial charge in [0.1, 0.15) is 17.8 Å². The van der Waals surface area contributed by atoms with Crippen molar-refractivity contribution < 1.29 is 18.7 Å². The number of furan rings is 1. The van der Waals surface area contributed by atoms with Gasteiger partial charge in [0.25, 0.3) is 0 Å². The van der Waals surface area contributed by atoms with Crippen LogP contribution in [0, 0.1) is 0 Å². The lowest BCUT2D eigenvalue weighted by Crippen LogP contribution is -2.41. The van der Waals surface area contributed by atoms with Crippen molar-refractivity contribution >= 4 is 17.1 Å². The van der Waals surface area contributed by atoms with Crippen molar-refractivity contribution in [2.24, 2.45) is 0 Å². The Kier molecular flexibility index (Phi) is 5.66. The molecule has 0 unspecified atom stereocenters. The minimum Gasteiger partial charge on any atom is -0.473 e. The van der Waals surface area contributed by atoms with Gasteiger partial charge in [-0.2, -0.15) is 0 Å². The lowest BCUT2D eigenvalue weighted by atomic mass is 9.93. The van der Waals surface area contributed by atoms with Gasteiger partial charge in [0.2, 0.25) is 5.88 Å². The number of hydrogen-bond donors (Lipinski definition) is 0. The maximum Gasteiger partial charge on any atom is 0.410 e. The summed E-state index contributed by atoms with van der Waals surface area (Å²) in [5, 5.41) is 1.06. The van der Waals surface area contributed by atoms with Crippen molar-refractivity contribution in [2.45, 2.75) is 51.7 Å². The number of benzene rings is 1. The number of amides is 1. The summed E-state index contributed by atoms with van der Waals surface area (Å²) in [5.74, 6) is 0.911. The van der Waals surface area contributed by atoms with E-state index >= 15 is 0 Å². The van der Waals surface area contributed by atoms with E-state index in [1.54, 1.807) is 11.2 Å². The fourth-order valence-corrected chi connectivity index (χ4v) is 3.72. The minimum absolute atomic E-state index is 0.238. The van der Waals surface area contributed by atoms with Crippen LogP contribution in [-0.4, -0.2) is 34.7 Å². The number of carbonyl (C=O) groups excluding carboxylic acids is 1. The molecule has 0 aliphatic carbocycles. The SMILES string of the molecule is CC(C)(C)OC(=O)N1CCC(c2cccc(OCc3coc4ccccc34)n2)CC1. The second-order valence-electron chi connectivity index (χ2n) is 8.69. The summed E-state index contributed by atoms with van der Waals surface area (Å²) in [6.45, 7) is 7.42. The monoisotopic (exact) mass is 408 g/mol. The molecular weight excluding hydrogens is 380 g/mol. The number of likely N-dealkylation sites (tertiary alicyclic amines) is 1. The van der Waals surface area contributed by atoms with Crippen LogP contribution in [0.5, 0.6) is 5.88 Å². The number of rotatable bonds is 4. The predicted octanol–water partition coefficient (Wildman–Crippen LogP) is 5.52. The van der Waals surface area contributed by atoms with E-state index in [9.17, 15) is 4.79 Å². The summed E-state index contributed by atoms with van der Waals surface area (Å²) < 4.78 is 17.0. The van der Waals surface area contributed by atoms with Gasteiger partial charge < -0.3 is 18.8 Å². The summed E-state index contributed by atoms with van der Waals surface area (Å²) in [5.41, 5.74) is 2.40. The van der Waals surface area contributed by atoms with E-state index in [0.29, 0.717) is 31.5 Å². The van der Waals surface area contributed by atoms with Crippen LogP contribution in [-0.2, 0) is 11.3 Å². The van der Waals surface area contributed by atoms with Crippen LogP contribution in [0.1, 0.15) is 50.8 Å². The molecule has 30 heavy (non-hydrogen) atoms. The number of para-hydroxylation sites is 1. The molecule has 1 aliphatic heterocycles. The molecule has 3 aromatic rings. The van der Waals surface area contributed by atoms with E-state index in [4.69, 9.17) is 18.9 Å². The van der Waals surface area contributed by atoms with E-state index in [-0.39, 0.29) is 6.09 Å². The van der Waals surface area contributed by atoms with E-state index in [0.717, 1.165) is 35.1 Å². The molecule has 4 rings (SSSR count). The molecule has 0 bridgehead atoms. The van der Waals surface area contributed by atoms with Gasteiger partial charge in [0, 0.05) is 41.7 Å². The summed E-state index contributed by atoms with van der Waals surface area (Å²) in [4.78, 5) is 18.8. The van der Waals surface area contributed by atoms with Gasteiger partial charge in [-0.3, -0.25) is 0 Å². The summed E-state index contributed by atoms with van der Waals surface area (Å²) in [7, 11) is 0. The number of pyridine rings is 1. The van der Waals surface area contributed by atoms with Gasteiger partial charge in [-0.05, 0) is 45.7 Å². The van der Waals surface area contributed by atoms with Gasteiger partial charge in [0.15, 0.2) is 0 Å². The Morgan fingerprint density at radius 1 is 1.13 bits per heavy atom. The fourth-order valence-electron chi connectivity index (χ4n) is 3.72. The first kappa shape index (κ1) is 20.3. The third-order valence-corrected chi connectivity index (χ3v) is 5.25. The third kappa shape index (κ3) is 4.75. The Balaban J connectivity index is 1.35. The minimum atomic E-state index is -0.471. The molecular formula is C24H28N2O4. The highest BCUT2D eigenvalue weighted by Crippen LogP contribution is 2.29. The highest BCUT2D eigenvalue weighted by molar-refractivity contribution is 5.80. The normalized spacial score (nSPS) is 15.4. The largest absolute Gasteiger partial charge is 0.473 e. The number of carbonyl (C=O) groups is 1. The smallest absolute Gasteiger partial charge is 0.410 e. The van der Waals surface area contributed by atoms with Crippen LogP contribution in [0.15, 0.2) is 53.1 Å². The first-order valence-corrected chi connectivity index (χ1v) is 10.4. The van der Waals surface area contributed by atoms with Crippen LogP contribution in [0.3, 0.4) is 0 Å². The molecule has 0 atom stereocenters. The second-order valence-corrected chi connectivity index (χ2v) is 8.69. The number of fused-ring (bicyclic) bond motifs is 1. The maximum absolute atomic E-state index is 12.3. The Morgan fingerprint density at radius 2 is 1.90 bits per heavy atom.